The number of ketones is 1. The van der Waals surface area contributed by atoms with Crippen LogP contribution in [0.25, 0.3) is 0 Å². The second-order valence-electron chi connectivity index (χ2n) is 3.30. The summed E-state index contributed by atoms with van der Waals surface area (Å²) in [6.45, 7) is 0. The van der Waals surface area contributed by atoms with E-state index in [2.05, 4.69) is 0 Å². The van der Waals surface area contributed by atoms with Gasteiger partial charge in [0, 0.05) is 25.7 Å². The minimum atomic E-state index is -0.195. The normalized spacial score (nSPS) is 10.3. The molecule has 0 radical (unpaired) electrons. The van der Waals surface area contributed by atoms with E-state index in [0.29, 0.717) is 5.56 Å². The molecule has 78 valence electrons. The van der Waals surface area contributed by atoms with Crippen molar-refractivity contribution in [1.82, 2.24) is 4.90 Å². The zero-order valence-electron chi connectivity index (χ0n) is 8.81. The summed E-state index contributed by atoms with van der Waals surface area (Å²) in [4.78, 5) is 24.1. The van der Waals surface area contributed by atoms with Crippen LogP contribution in [0.2, 0.25) is 0 Å². The van der Waals surface area contributed by atoms with Gasteiger partial charge in [-0.3, -0.25) is 9.59 Å². The lowest BCUT2D eigenvalue weighted by atomic mass is 10.1. The first-order valence-electron chi connectivity index (χ1n) is 4.60. The smallest absolute Gasteiger partial charge is 0.246 e. The molecule has 0 saturated carbocycles. The Balaban J connectivity index is 2.69. The minimum Gasteiger partial charge on any atom is -0.345 e. The fraction of sp³-hybridized carbons (Fsp3) is 0.167. The molecule has 0 unspecified atom stereocenters. The van der Waals surface area contributed by atoms with Gasteiger partial charge in [-0.25, -0.2) is 0 Å². The van der Waals surface area contributed by atoms with Crippen molar-refractivity contribution in [2.45, 2.75) is 0 Å². The van der Waals surface area contributed by atoms with Gasteiger partial charge < -0.3 is 4.90 Å². The Morgan fingerprint density at radius 2 is 1.67 bits per heavy atom. The Bertz CT molecular complexity index is 380. The molecular weight excluding hydrogens is 190 g/mol. The van der Waals surface area contributed by atoms with Crippen molar-refractivity contribution in [2.75, 3.05) is 14.1 Å². The topological polar surface area (TPSA) is 37.4 Å². The van der Waals surface area contributed by atoms with Crippen molar-refractivity contribution in [2.24, 2.45) is 0 Å². The van der Waals surface area contributed by atoms with Crippen molar-refractivity contribution in [3.8, 4) is 0 Å². The monoisotopic (exact) mass is 203 g/mol. The number of allylic oxidation sites excluding steroid dienone is 1. The first-order chi connectivity index (χ1) is 7.11. The fourth-order valence-corrected chi connectivity index (χ4v) is 0.995. The summed E-state index contributed by atoms with van der Waals surface area (Å²) < 4.78 is 0. The van der Waals surface area contributed by atoms with E-state index in [0.717, 1.165) is 0 Å². The molecule has 3 heteroatoms. The van der Waals surface area contributed by atoms with Gasteiger partial charge >= 0.3 is 0 Å². The average molecular weight is 203 g/mol. The molecule has 15 heavy (non-hydrogen) atoms. The van der Waals surface area contributed by atoms with Gasteiger partial charge in [-0.15, -0.1) is 0 Å². The second-order valence-corrected chi connectivity index (χ2v) is 3.30. The molecular formula is C12H13NO2. The van der Waals surface area contributed by atoms with Crippen LogP contribution in [-0.4, -0.2) is 30.7 Å². The van der Waals surface area contributed by atoms with Gasteiger partial charge in [0.15, 0.2) is 5.78 Å². The van der Waals surface area contributed by atoms with Crippen LogP contribution in [-0.2, 0) is 4.79 Å². The lowest BCUT2D eigenvalue weighted by molar-refractivity contribution is -0.123. The van der Waals surface area contributed by atoms with E-state index in [9.17, 15) is 9.59 Å². The number of carbonyl (C=O) groups is 2. The maximum atomic E-state index is 11.5. The fourth-order valence-electron chi connectivity index (χ4n) is 0.995. The van der Waals surface area contributed by atoms with Crippen molar-refractivity contribution in [3.05, 3.63) is 48.0 Å². The average Bonchev–Trinajstić information content (AvgIpc) is 2.26. The molecule has 0 aliphatic carbocycles. The molecule has 1 aromatic rings. The Hall–Kier alpha value is -1.90. The molecule has 0 N–H and O–H groups in total. The molecule has 0 atom stereocenters. The second kappa shape index (κ2) is 5.10. The summed E-state index contributed by atoms with van der Waals surface area (Å²) in [6.07, 6.45) is 2.56. The molecule has 0 aliphatic heterocycles. The molecule has 1 aromatic carbocycles. The number of likely N-dealkylation sites (N-methyl/N-ethyl adjacent to an activating group) is 1. The summed E-state index contributed by atoms with van der Waals surface area (Å²) in [6, 6.07) is 8.84. The molecule has 0 aliphatic rings. The van der Waals surface area contributed by atoms with Gasteiger partial charge in [0.25, 0.3) is 0 Å². The van der Waals surface area contributed by atoms with Crippen LogP contribution in [0.4, 0.5) is 0 Å². The zero-order valence-corrected chi connectivity index (χ0v) is 8.81. The van der Waals surface area contributed by atoms with E-state index in [4.69, 9.17) is 0 Å². The predicted molar refractivity (Wildman–Crippen MR) is 58.6 cm³/mol. The highest BCUT2D eigenvalue weighted by molar-refractivity contribution is 6.07. The molecule has 0 fully saturated rings. The van der Waals surface area contributed by atoms with Crippen LogP contribution in [0.3, 0.4) is 0 Å². The molecule has 3 nitrogen and oxygen atoms in total. The van der Waals surface area contributed by atoms with Crippen LogP contribution in [0, 0.1) is 0 Å². The van der Waals surface area contributed by atoms with E-state index in [-0.39, 0.29) is 11.7 Å². The van der Waals surface area contributed by atoms with Gasteiger partial charge in [-0.05, 0) is 6.08 Å². The van der Waals surface area contributed by atoms with Crippen LogP contribution in [0.1, 0.15) is 10.4 Å². The Morgan fingerprint density at radius 1 is 1.07 bits per heavy atom. The Labute approximate surface area is 89.0 Å². The molecule has 0 aromatic heterocycles. The number of rotatable bonds is 3. The lowest BCUT2D eigenvalue weighted by Gasteiger charge is -2.04. The summed E-state index contributed by atoms with van der Waals surface area (Å²) in [5.74, 6) is -0.356. The summed E-state index contributed by atoms with van der Waals surface area (Å²) in [5.41, 5.74) is 0.584. The molecule has 0 heterocycles. The largest absolute Gasteiger partial charge is 0.345 e. The van der Waals surface area contributed by atoms with Crippen LogP contribution < -0.4 is 0 Å². The summed E-state index contributed by atoms with van der Waals surface area (Å²) >= 11 is 0. The maximum Gasteiger partial charge on any atom is 0.246 e. The quantitative estimate of drug-likeness (QED) is 0.551. The number of nitrogens with zero attached hydrogens (tertiary/aromatic N) is 1. The van der Waals surface area contributed by atoms with Gasteiger partial charge in [-0.2, -0.15) is 0 Å². The van der Waals surface area contributed by atoms with E-state index in [1.54, 1.807) is 38.4 Å². The molecule has 0 saturated heterocycles. The van der Waals surface area contributed by atoms with Gasteiger partial charge in [0.05, 0.1) is 0 Å². The number of hydrogen-bond acceptors (Lipinski definition) is 2. The van der Waals surface area contributed by atoms with E-state index in [1.165, 1.54) is 17.1 Å². The third-order valence-corrected chi connectivity index (χ3v) is 1.88. The highest BCUT2D eigenvalue weighted by atomic mass is 16.2. The molecule has 0 bridgehead atoms. The number of hydrogen-bond donors (Lipinski definition) is 0. The third-order valence-electron chi connectivity index (χ3n) is 1.88. The lowest BCUT2D eigenvalue weighted by Crippen LogP contribution is -2.19. The van der Waals surface area contributed by atoms with Gasteiger partial charge in [0.2, 0.25) is 5.91 Å². The number of carbonyl (C=O) groups excluding carboxylic acids is 2. The molecule has 1 amide bonds. The van der Waals surface area contributed by atoms with E-state index < -0.39 is 0 Å². The maximum absolute atomic E-state index is 11.5. The number of benzene rings is 1. The van der Waals surface area contributed by atoms with Crippen molar-refractivity contribution in [1.29, 1.82) is 0 Å². The zero-order chi connectivity index (χ0) is 11.3. The first kappa shape index (κ1) is 11.2. The van der Waals surface area contributed by atoms with E-state index >= 15 is 0 Å². The highest BCUT2D eigenvalue weighted by Gasteiger charge is 2.02. The molecule has 0 spiro atoms. The van der Waals surface area contributed by atoms with Gasteiger partial charge in [0.1, 0.15) is 0 Å². The van der Waals surface area contributed by atoms with Crippen LogP contribution in [0.15, 0.2) is 42.5 Å². The highest BCUT2D eigenvalue weighted by Crippen LogP contribution is 2.00. The minimum absolute atomic E-state index is 0.161. The standard InChI is InChI=1S/C12H13NO2/c1-13(2)12(15)9-8-11(14)10-6-4-3-5-7-10/h3-9H,1-2H3. The van der Waals surface area contributed by atoms with Crippen LogP contribution >= 0.6 is 0 Å². The number of amides is 1. The Morgan fingerprint density at radius 3 is 2.20 bits per heavy atom. The summed E-state index contributed by atoms with van der Waals surface area (Å²) in [5, 5.41) is 0. The molecule has 1 rings (SSSR count). The van der Waals surface area contributed by atoms with Gasteiger partial charge in [-0.1, -0.05) is 30.3 Å². The summed E-state index contributed by atoms with van der Waals surface area (Å²) in [7, 11) is 3.28. The predicted octanol–water partition coefficient (Wildman–Crippen LogP) is 1.51. The van der Waals surface area contributed by atoms with Crippen LogP contribution in [0.5, 0.6) is 0 Å². The van der Waals surface area contributed by atoms with Crippen molar-refractivity contribution in [3.63, 3.8) is 0 Å². The first-order valence-corrected chi connectivity index (χ1v) is 4.60. The Kier molecular flexibility index (Phi) is 3.80. The van der Waals surface area contributed by atoms with E-state index in [1.807, 2.05) is 6.07 Å². The van der Waals surface area contributed by atoms with Crippen molar-refractivity contribution < 1.29 is 9.59 Å². The SMILES string of the molecule is CN(C)C(=O)C=CC(=O)c1ccccc1. The third kappa shape index (κ3) is 3.38. The van der Waals surface area contributed by atoms with Crippen molar-refractivity contribution >= 4 is 11.7 Å².